The van der Waals surface area contributed by atoms with E-state index >= 15 is 0 Å². The summed E-state index contributed by atoms with van der Waals surface area (Å²) in [5.74, 6) is 0.267. The first kappa shape index (κ1) is 25.3. The highest BCUT2D eigenvalue weighted by Crippen LogP contribution is 2.40. The summed E-state index contributed by atoms with van der Waals surface area (Å²) in [4.78, 5) is 9.22. The Balaban J connectivity index is 1.54. The first-order valence-corrected chi connectivity index (χ1v) is 17.4. The first-order valence-electron chi connectivity index (χ1n) is 12.0. The summed E-state index contributed by atoms with van der Waals surface area (Å²) in [6.45, 7) is 9.74. The summed E-state index contributed by atoms with van der Waals surface area (Å²) in [6.07, 6.45) is 7.12. The minimum absolute atomic E-state index is 0.0259. The van der Waals surface area contributed by atoms with Crippen molar-refractivity contribution in [1.29, 1.82) is 0 Å². The summed E-state index contributed by atoms with van der Waals surface area (Å²) in [7, 11) is -4.61. The molecule has 0 unspecified atom stereocenters. The van der Waals surface area contributed by atoms with Crippen molar-refractivity contribution in [1.82, 2.24) is 23.7 Å². The summed E-state index contributed by atoms with van der Waals surface area (Å²) in [6, 6.07) is 3.00. The van der Waals surface area contributed by atoms with Gasteiger partial charge in [-0.1, -0.05) is 26.6 Å². The number of hydrogen-bond acceptors (Lipinski definition) is 5. The molecule has 0 bridgehead atoms. The van der Waals surface area contributed by atoms with Gasteiger partial charge in [0.1, 0.15) is 6.73 Å². The molecule has 8 nitrogen and oxygen atoms in total. The van der Waals surface area contributed by atoms with Crippen LogP contribution in [0.15, 0.2) is 24.7 Å². The number of halogens is 1. The van der Waals surface area contributed by atoms with Crippen LogP contribution in [0.4, 0.5) is 4.39 Å². The molecule has 0 spiro atoms. The number of imidazole rings is 1. The lowest BCUT2D eigenvalue weighted by molar-refractivity contribution is 0.0899. The third kappa shape index (κ3) is 5.69. The van der Waals surface area contributed by atoms with Gasteiger partial charge in [0, 0.05) is 44.7 Å². The number of aromatic nitrogens is 4. The number of alkyl halides is 1. The van der Waals surface area contributed by atoms with Crippen molar-refractivity contribution in [2.24, 2.45) is 5.92 Å². The molecular weight excluding hydrogens is 473 g/mol. The Hall–Kier alpha value is -1.82. The molecule has 3 aromatic heterocycles. The number of nitrogens with zero attached hydrogens (tertiary/aromatic N) is 4. The van der Waals surface area contributed by atoms with E-state index in [1.54, 1.807) is 6.20 Å². The van der Waals surface area contributed by atoms with Crippen molar-refractivity contribution < 1.29 is 17.5 Å². The van der Waals surface area contributed by atoms with Crippen LogP contribution in [0.5, 0.6) is 0 Å². The van der Waals surface area contributed by atoms with Gasteiger partial charge in [0.2, 0.25) is 10.0 Å². The maximum absolute atomic E-state index is 12.4. The molecule has 3 atom stereocenters. The van der Waals surface area contributed by atoms with Crippen molar-refractivity contribution >= 4 is 34.9 Å². The molecule has 0 saturated heterocycles. The van der Waals surface area contributed by atoms with Crippen molar-refractivity contribution in [2.75, 3.05) is 19.0 Å². The fraction of sp³-hybridized carbons (Fsp3) is 0.652. The Morgan fingerprint density at radius 2 is 2.03 bits per heavy atom. The molecule has 0 aliphatic heterocycles. The van der Waals surface area contributed by atoms with Crippen LogP contribution >= 0.6 is 0 Å². The summed E-state index contributed by atoms with van der Waals surface area (Å²) < 4.78 is 49.9. The summed E-state index contributed by atoms with van der Waals surface area (Å²) >= 11 is 0. The lowest BCUT2D eigenvalue weighted by Gasteiger charge is -2.16. The number of ether oxygens (including phenoxy) is 1. The smallest absolute Gasteiger partial charge is 0.211 e. The van der Waals surface area contributed by atoms with Gasteiger partial charge >= 0.3 is 0 Å². The average Bonchev–Trinajstić information content (AvgIpc) is 3.44. The maximum Gasteiger partial charge on any atom is 0.211 e. The topological polar surface area (TPSA) is 90.5 Å². The predicted octanol–water partition coefficient (Wildman–Crippen LogP) is 4.16. The molecule has 34 heavy (non-hydrogen) atoms. The van der Waals surface area contributed by atoms with Crippen molar-refractivity contribution in [3.05, 3.63) is 30.4 Å². The van der Waals surface area contributed by atoms with Crippen LogP contribution in [-0.2, 0) is 21.5 Å². The molecule has 1 aliphatic rings. The monoisotopic (exact) mass is 509 g/mol. The minimum atomic E-state index is -3.47. The minimum Gasteiger partial charge on any atom is -0.361 e. The highest BCUT2D eigenvalue weighted by atomic mass is 32.2. The number of rotatable bonds is 11. The predicted molar refractivity (Wildman–Crippen MR) is 135 cm³/mol. The van der Waals surface area contributed by atoms with E-state index in [1.165, 1.54) is 0 Å². The molecule has 1 fully saturated rings. The molecule has 188 valence electrons. The van der Waals surface area contributed by atoms with E-state index in [0.717, 1.165) is 41.6 Å². The normalized spacial score (nSPS) is 21.7. The Kier molecular flexibility index (Phi) is 7.46. The molecule has 0 amide bonds. The first-order chi connectivity index (χ1) is 16.1. The lowest BCUT2D eigenvalue weighted by atomic mass is 9.95. The van der Waals surface area contributed by atoms with Gasteiger partial charge in [-0.25, -0.2) is 23.1 Å². The van der Waals surface area contributed by atoms with Gasteiger partial charge in [-0.3, -0.25) is 8.79 Å². The van der Waals surface area contributed by atoms with Crippen LogP contribution in [0.25, 0.3) is 16.8 Å². The number of sulfonamides is 1. The van der Waals surface area contributed by atoms with Gasteiger partial charge in [0.25, 0.3) is 0 Å². The fourth-order valence-electron chi connectivity index (χ4n) is 4.84. The van der Waals surface area contributed by atoms with Gasteiger partial charge in [0.05, 0.1) is 24.1 Å². The molecule has 3 heterocycles. The molecule has 0 aromatic carbocycles. The van der Waals surface area contributed by atoms with Gasteiger partial charge in [-0.15, -0.1) is 0 Å². The molecule has 4 rings (SSSR count). The van der Waals surface area contributed by atoms with Gasteiger partial charge in [0.15, 0.2) is 11.3 Å². The largest absolute Gasteiger partial charge is 0.361 e. The van der Waals surface area contributed by atoms with Gasteiger partial charge in [-0.05, 0) is 37.3 Å². The van der Waals surface area contributed by atoms with E-state index in [9.17, 15) is 12.8 Å². The lowest BCUT2D eigenvalue weighted by Crippen LogP contribution is -2.35. The zero-order valence-corrected chi connectivity index (χ0v) is 22.3. The van der Waals surface area contributed by atoms with Crippen molar-refractivity contribution in [3.8, 4) is 0 Å². The van der Waals surface area contributed by atoms with Crippen molar-refractivity contribution in [2.45, 2.75) is 70.6 Å². The van der Waals surface area contributed by atoms with E-state index in [0.29, 0.717) is 13.2 Å². The third-order valence-electron chi connectivity index (χ3n) is 6.65. The fourth-order valence-corrected chi connectivity index (χ4v) is 6.91. The van der Waals surface area contributed by atoms with E-state index in [1.807, 2.05) is 23.0 Å². The second-order valence-electron chi connectivity index (χ2n) is 10.7. The Labute approximate surface area is 202 Å². The Bertz CT molecular complexity index is 1240. The SMILES string of the molecule is C[C@@H]1C[C@H](NS(=O)(=O)CCCF)C[C@@H]1c1cnc2cnc3c(ccn3COCC[Si](C)(C)C)n12. The quantitative estimate of drug-likeness (QED) is 0.310. The average molecular weight is 510 g/mol. The van der Waals surface area contributed by atoms with Crippen LogP contribution in [0.2, 0.25) is 25.7 Å². The highest BCUT2D eigenvalue weighted by Gasteiger charge is 2.36. The zero-order valence-electron chi connectivity index (χ0n) is 20.5. The second kappa shape index (κ2) is 10.0. The Morgan fingerprint density at radius 1 is 1.24 bits per heavy atom. The molecular formula is C23H36FN5O3SSi. The van der Waals surface area contributed by atoms with Crippen LogP contribution in [0, 0.1) is 5.92 Å². The molecule has 1 N–H and O–H groups in total. The van der Waals surface area contributed by atoms with E-state index in [4.69, 9.17) is 4.74 Å². The second-order valence-corrected chi connectivity index (χ2v) is 18.2. The standard InChI is InChI=1S/C23H36FN5O3SSi/c1-17-12-18(27-33(30,31)10-5-7-24)13-19(17)21-14-25-22-15-26-23-20(29(21)22)6-8-28(23)16-32-9-11-34(2,3)4/h6,8,14-15,17-19,27H,5,7,9-13,16H2,1-4H3/t17-,18+,19+/m1/s1. The molecule has 0 radical (unpaired) electrons. The molecule has 1 aliphatic carbocycles. The van der Waals surface area contributed by atoms with Crippen LogP contribution in [0.1, 0.15) is 37.8 Å². The maximum atomic E-state index is 12.4. The number of nitrogens with one attached hydrogen (secondary N) is 1. The third-order valence-corrected chi connectivity index (χ3v) is 9.88. The number of fused-ring (bicyclic) bond motifs is 3. The molecule has 11 heteroatoms. The summed E-state index contributed by atoms with van der Waals surface area (Å²) in [5, 5.41) is 0. The Morgan fingerprint density at radius 3 is 2.76 bits per heavy atom. The molecule has 3 aromatic rings. The van der Waals surface area contributed by atoms with Gasteiger partial charge < -0.3 is 9.30 Å². The number of hydrogen-bond donors (Lipinski definition) is 1. The molecule has 1 saturated carbocycles. The van der Waals surface area contributed by atoms with Crippen molar-refractivity contribution in [3.63, 3.8) is 0 Å². The van der Waals surface area contributed by atoms with Gasteiger partial charge in [-0.2, -0.15) is 0 Å². The van der Waals surface area contributed by atoms with Crippen LogP contribution < -0.4 is 4.72 Å². The highest BCUT2D eigenvalue weighted by molar-refractivity contribution is 7.89. The van der Waals surface area contributed by atoms with Crippen LogP contribution in [-0.4, -0.2) is 60.5 Å². The zero-order chi connectivity index (χ0) is 24.5. The van der Waals surface area contributed by atoms with E-state index in [-0.39, 0.29) is 30.1 Å². The van der Waals surface area contributed by atoms with E-state index < -0.39 is 24.8 Å². The van der Waals surface area contributed by atoms with E-state index in [2.05, 4.69) is 45.7 Å². The van der Waals surface area contributed by atoms with Crippen LogP contribution in [0.3, 0.4) is 0 Å². The summed E-state index contributed by atoms with van der Waals surface area (Å²) in [5.41, 5.74) is 3.66.